The number of carbonyl (C=O) groups excluding carboxylic acids is 1. The van der Waals surface area contributed by atoms with E-state index in [9.17, 15) is 4.79 Å². The zero-order chi connectivity index (χ0) is 12.1. The Kier molecular flexibility index (Phi) is 3.86. The molecule has 0 saturated heterocycles. The van der Waals surface area contributed by atoms with Crippen molar-refractivity contribution in [3.05, 3.63) is 0 Å². The average molecular weight is 238 g/mol. The SMILES string of the molecule is CCNC(=O)C1(CNC2=NCCCN2)CCC1. The number of amides is 1. The highest BCUT2D eigenvalue weighted by Gasteiger charge is 2.43. The van der Waals surface area contributed by atoms with E-state index in [1.807, 2.05) is 6.92 Å². The summed E-state index contributed by atoms with van der Waals surface area (Å²) in [6.45, 7) is 5.22. The van der Waals surface area contributed by atoms with Crippen molar-refractivity contribution in [1.29, 1.82) is 0 Å². The van der Waals surface area contributed by atoms with Gasteiger partial charge in [-0.1, -0.05) is 6.42 Å². The first-order chi connectivity index (χ1) is 8.27. The summed E-state index contributed by atoms with van der Waals surface area (Å²) < 4.78 is 0. The number of nitrogens with one attached hydrogen (secondary N) is 3. The van der Waals surface area contributed by atoms with Crippen LogP contribution in [0.3, 0.4) is 0 Å². The molecule has 0 unspecified atom stereocenters. The molecule has 1 heterocycles. The summed E-state index contributed by atoms with van der Waals surface area (Å²) in [7, 11) is 0. The van der Waals surface area contributed by atoms with Gasteiger partial charge in [-0.25, -0.2) is 0 Å². The standard InChI is InChI=1S/C12H22N4O/c1-2-13-10(17)12(5-3-6-12)9-16-11-14-7-4-8-15-11/h2-9H2,1H3,(H,13,17)(H2,14,15,16). The lowest BCUT2D eigenvalue weighted by Gasteiger charge is -2.40. The van der Waals surface area contributed by atoms with E-state index in [1.165, 1.54) is 0 Å². The van der Waals surface area contributed by atoms with Crippen LogP contribution in [0.15, 0.2) is 4.99 Å². The quantitative estimate of drug-likeness (QED) is 0.657. The highest BCUT2D eigenvalue weighted by atomic mass is 16.2. The summed E-state index contributed by atoms with van der Waals surface area (Å²) in [4.78, 5) is 16.4. The molecule has 0 atom stereocenters. The molecule has 1 aliphatic heterocycles. The maximum absolute atomic E-state index is 12.0. The summed E-state index contributed by atoms with van der Waals surface area (Å²) in [6.07, 6.45) is 4.21. The first-order valence-electron chi connectivity index (χ1n) is 6.57. The van der Waals surface area contributed by atoms with Gasteiger partial charge in [-0.05, 0) is 26.2 Å². The van der Waals surface area contributed by atoms with Crippen molar-refractivity contribution < 1.29 is 4.79 Å². The number of hydrogen-bond donors (Lipinski definition) is 3. The average Bonchev–Trinajstić information content (AvgIpc) is 2.29. The van der Waals surface area contributed by atoms with Gasteiger partial charge in [-0.15, -0.1) is 0 Å². The third kappa shape index (κ3) is 2.70. The van der Waals surface area contributed by atoms with Crippen molar-refractivity contribution >= 4 is 11.9 Å². The number of guanidine groups is 1. The van der Waals surface area contributed by atoms with Crippen LogP contribution in [0.4, 0.5) is 0 Å². The molecule has 0 aromatic heterocycles. The van der Waals surface area contributed by atoms with Crippen molar-refractivity contribution in [2.45, 2.75) is 32.6 Å². The largest absolute Gasteiger partial charge is 0.356 e. The number of carbonyl (C=O) groups is 1. The molecule has 5 nitrogen and oxygen atoms in total. The zero-order valence-corrected chi connectivity index (χ0v) is 10.5. The van der Waals surface area contributed by atoms with E-state index >= 15 is 0 Å². The Morgan fingerprint density at radius 1 is 1.47 bits per heavy atom. The summed E-state index contributed by atoms with van der Waals surface area (Å²) in [6, 6.07) is 0. The van der Waals surface area contributed by atoms with Crippen LogP contribution in [0, 0.1) is 5.41 Å². The second-order valence-electron chi connectivity index (χ2n) is 4.86. The van der Waals surface area contributed by atoms with E-state index in [0.29, 0.717) is 13.1 Å². The smallest absolute Gasteiger partial charge is 0.227 e. The summed E-state index contributed by atoms with van der Waals surface area (Å²) in [5.41, 5.74) is -0.197. The molecular weight excluding hydrogens is 216 g/mol. The number of rotatable bonds is 4. The van der Waals surface area contributed by atoms with E-state index in [1.54, 1.807) is 0 Å². The van der Waals surface area contributed by atoms with Crippen LogP contribution in [0.25, 0.3) is 0 Å². The van der Waals surface area contributed by atoms with Crippen molar-refractivity contribution in [3.8, 4) is 0 Å². The molecule has 0 radical (unpaired) electrons. The van der Waals surface area contributed by atoms with Crippen LogP contribution in [0.1, 0.15) is 32.6 Å². The molecular formula is C12H22N4O. The Hall–Kier alpha value is -1.26. The summed E-state index contributed by atoms with van der Waals surface area (Å²) in [5.74, 6) is 1.04. The second-order valence-corrected chi connectivity index (χ2v) is 4.86. The van der Waals surface area contributed by atoms with E-state index in [2.05, 4.69) is 20.9 Å². The van der Waals surface area contributed by atoms with Crippen molar-refractivity contribution in [3.63, 3.8) is 0 Å². The lowest BCUT2D eigenvalue weighted by molar-refractivity contribution is -0.135. The van der Waals surface area contributed by atoms with E-state index in [4.69, 9.17) is 0 Å². The monoisotopic (exact) mass is 238 g/mol. The van der Waals surface area contributed by atoms with Crippen LogP contribution < -0.4 is 16.0 Å². The van der Waals surface area contributed by atoms with Crippen LogP contribution in [0.2, 0.25) is 0 Å². The van der Waals surface area contributed by atoms with Crippen molar-refractivity contribution in [2.24, 2.45) is 10.4 Å². The Labute approximate surface area is 102 Å². The molecule has 1 saturated carbocycles. The van der Waals surface area contributed by atoms with Gasteiger partial charge in [0.15, 0.2) is 5.96 Å². The number of hydrogen-bond acceptors (Lipinski definition) is 4. The highest BCUT2D eigenvalue weighted by molar-refractivity contribution is 5.85. The molecule has 3 N–H and O–H groups in total. The van der Waals surface area contributed by atoms with Crippen LogP contribution in [-0.4, -0.2) is 38.0 Å². The van der Waals surface area contributed by atoms with Crippen LogP contribution in [0.5, 0.6) is 0 Å². The minimum Gasteiger partial charge on any atom is -0.356 e. The fourth-order valence-corrected chi connectivity index (χ4v) is 2.34. The molecule has 0 aromatic rings. The minimum atomic E-state index is -0.197. The lowest BCUT2D eigenvalue weighted by atomic mass is 9.68. The van der Waals surface area contributed by atoms with Crippen LogP contribution in [-0.2, 0) is 4.79 Å². The molecule has 96 valence electrons. The van der Waals surface area contributed by atoms with Gasteiger partial charge in [0.25, 0.3) is 0 Å². The third-order valence-corrected chi connectivity index (χ3v) is 3.62. The van der Waals surface area contributed by atoms with Gasteiger partial charge in [-0.2, -0.15) is 0 Å². The number of aliphatic imine (C=N–C) groups is 1. The second kappa shape index (κ2) is 5.38. The van der Waals surface area contributed by atoms with Gasteiger partial charge < -0.3 is 16.0 Å². The first kappa shape index (κ1) is 12.2. The maximum Gasteiger partial charge on any atom is 0.227 e. The molecule has 17 heavy (non-hydrogen) atoms. The third-order valence-electron chi connectivity index (χ3n) is 3.62. The Morgan fingerprint density at radius 3 is 2.82 bits per heavy atom. The fourth-order valence-electron chi connectivity index (χ4n) is 2.34. The first-order valence-corrected chi connectivity index (χ1v) is 6.57. The Morgan fingerprint density at radius 2 is 2.29 bits per heavy atom. The van der Waals surface area contributed by atoms with Gasteiger partial charge in [0.05, 0.1) is 5.41 Å². The molecule has 1 amide bonds. The number of nitrogens with zero attached hydrogens (tertiary/aromatic N) is 1. The topological polar surface area (TPSA) is 65.5 Å². The van der Waals surface area contributed by atoms with Gasteiger partial charge in [-0.3, -0.25) is 9.79 Å². The molecule has 5 heteroatoms. The molecule has 0 spiro atoms. The minimum absolute atomic E-state index is 0.190. The summed E-state index contributed by atoms with van der Waals surface area (Å²) in [5, 5.41) is 9.44. The van der Waals surface area contributed by atoms with E-state index < -0.39 is 0 Å². The molecule has 1 fully saturated rings. The van der Waals surface area contributed by atoms with Crippen molar-refractivity contribution in [2.75, 3.05) is 26.2 Å². The van der Waals surface area contributed by atoms with Crippen molar-refractivity contribution in [1.82, 2.24) is 16.0 Å². The molecule has 2 rings (SSSR count). The molecule has 2 aliphatic rings. The molecule has 0 aromatic carbocycles. The predicted octanol–water partition coefficient (Wildman–Crippen LogP) is 0.232. The van der Waals surface area contributed by atoms with Gasteiger partial charge in [0.1, 0.15) is 0 Å². The fraction of sp³-hybridized carbons (Fsp3) is 0.833. The lowest BCUT2D eigenvalue weighted by Crippen LogP contribution is -2.54. The summed E-state index contributed by atoms with van der Waals surface area (Å²) >= 11 is 0. The Bertz CT molecular complexity index is 310. The molecule has 1 aliphatic carbocycles. The Balaban J connectivity index is 1.86. The highest BCUT2D eigenvalue weighted by Crippen LogP contribution is 2.40. The zero-order valence-electron chi connectivity index (χ0n) is 10.5. The van der Waals surface area contributed by atoms with Crippen LogP contribution >= 0.6 is 0 Å². The van der Waals surface area contributed by atoms with Gasteiger partial charge in [0.2, 0.25) is 5.91 Å². The predicted molar refractivity (Wildman–Crippen MR) is 67.9 cm³/mol. The van der Waals surface area contributed by atoms with Gasteiger partial charge >= 0.3 is 0 Å². The van der Waals surface area contributed by atoms with Gasteiger partial charge in [0, 0.05) is 26.2 Å². The molecule has 0 bridgehead atoms. The van der Waals surface area contributed by atoms with E-state index in [0.717, 1.165) is 44.7 Å². The normalized spacial score (nSPS) is 21.8. The van der Waals surface area contributed by atoms with E-state index in [-0.39, 0.29) is 11.3 Å². The maximum atomic E-state index is 12.0.